The summed E-state index contributed by atoms with van der Waals surface area (Å²) in [7, 11) is 1.71. The topological polar surface area (TPSA) is 67.8 Å². The Kier molecular flexibility index (Phi) is 8.51. The van der Waals surface area contributed by atoms with Crippen molar-refractivity contribution >= 4 is 11.8 Å². The zero-order valence-corrected chi connectivity index (χ0v) is 18.3. The Balaban J connectivity index is 1.35. The molecule has 0 saturated carbocycles. The predicted octanol–water partition coefficient (Wildman–Crippen LogP) is 4.34. The Morgan fingerprint density at radius 2 is 1.73 bits per heavy atom. The highest BCUT2D eigenvalue weighted by Crippen LogP contribution is 2.15. The maximum Gasteiger partial charge on any atom is 0.255 e. The third-order valence-electron chi connectivity index (χ3n) is 5.10. The van der Waals surface area contributed by atoms with Crippen molar-refractivity contribution in [2.24, 2.45) is 7.05 Å². The minimum atomic E-state index is -0.130. The van der Waals surface area contributed by atoms with Gasteiger partial charge in [0, 0.05) is 43.2 Å². The second-order valence-corrected chi connectivity index (χ2v) is 8.64. The first-order valence-electron chi connectivity index (χ1n) is 10.5. The van der Waals surface area contributed by atoms with Gasteiger partial charge in [0.05, 0.1) is 0 Å². The van der Waals surface area contributed by atoms with E-state index in [1.165, 1.54) is 35.8 Å². The van der Waals surface area contributed by atoms with E-state index in [0.717, 1.165) is 24.2 Å². The summed E-state index contributed by atoms with van der Waals surface area (Å²) in [5.74, 6) is 0.954. The van der Waals surface area contributed by atoms with E-state index >= 15 is 0 Å². The Morgan fingerprint density at radius 3 is 2.50 bits per heavy atom. The SMILES string of the molecule is Cn1ccc(Cc2cnc(SCCCCCCCc3ccccc3)[nH]c2=O)cc1=O. The molecule has 158 valence electrons. The van der Waals surface area contributed by atoms with E-state index in [-0.39, 0.29) is 11.1 Å². The van der Waals surface area contributed by atoms with Crippen molar-refractivity contribution in [3.8, 4) is 0 Å². The van der Waals surface area contributed by atoms with Gasteiger partial charge in [-0.15, -0.1) is 0 Å². The molecule has 0 aliphatic rings. The summed E-state index contributed by atoms with van der Waals surface area (Å²) in [6, 6.07) is 14.0. The molecule has 0 radical (unpaired) electrons. The van der Waals surface area contributed by atoms with Crippen molar-refractivity contribution in [3.63, 3.8) is 0 Å². The zero-order valence-electron chi connectivity index (χ0n) is 17.5. The van der Waals surface area contributed by atoms with Crippen LogP contribution in [0.15, 0.2) is 69.6 Å². The number of aromatic nitrogens is 3. The second-order valence-electron chi connectivity index (χ2n) is 7.56. The van der Waals surface area contributed by atoms with Gasteiger partial charge < -0.3 is 9.55 Å². The smallest absolute Gasteiger partial charge is 0.255 e. The number of thioether (sulfide) groups is 1. The fraction of sp³-hybridized carbons (Fsp3) is 0.375. The lowest BCUT2D eigenvalue weighted by atomic mass is 10.1. The van der Waals surface area contributed by atoms with Gasteiger partial charge in [-0.1, -0.05) is 61.4 Å². The lowest BCUT2D eigenvalue weighted by Crippen LogP contribution is -2.18. The first-order chi connectivity index (χ1) is 14.6. The minimum absolute atomic E-state index is 0.0795. The van der Waals surface area contributed by atoms with E-state index in [4.69, 9.17) is 0 Å². The van der Waals surface area contributed by atoms with Crippen LogP contribution >= 0.6 is 11.8 Å². The fourth-order valence-corrected chi connectivity index (χ4v) is 4.13. The molecule has 2 aromatic heterocycles. The summed E-state index contributed by atoms with van der Waals surface area (Å²) >= 11 is 1.59. The molecule has 1 aromatic carbocycles. The van der Waals surface area contributed by atoms with Crippen molar-refractivity contribution in [2.45, 2.75) is 50.1 Å². The highest BCUT2D eigenvalue weighted by Gasteiger charge is 2.06. The number of aryl methyl sites for hydroxylation is 2. The number of aromatic amines is 1. The lowest BCUT2D eigenvalue weighted by Gasteiger charge is -2.05. The van der Waals surface area contributed by atoms with Crippen LogP contribution in [0, 0.1) is 0 Å². The van der Waals surface area contributed by atoms with Crippen LogP contribution < -0.4 is 11.1 Å². The van der Waals surface area contributed by atoms with Gasteiger partial charge in [-0.2, -0.15) is 0 Å². The molecule has 1 N–H and O–H groups in total. The second kappa shape index (κ2) is 11.6. The van der Waals surface area contributed by atoms with E-state index in [1.54, 1.807) is 37.3 Å². The van der Waals surface area contributed by atoms with E-state index in [9.17, 15) is 9.59 Å². The van der Waals surface area contributed by atoms with E-state index in [1.807, 2.05) is 6.07 Å². The molecule has 6 heteroatoms. The van der Waals surface area contributed by atoms with Crippen LogP contribution in [0.4, 0.5) is 0 Å². The van der Waals surface area contributed by atoms with Crippen LogP contribution in [0.3, 0.4) is 0 Å². The van der Waals surface area contributed by atoms with Gasteiger partial charge in [0.2, 0.25) is 0 Å². The van der Waals surface area contributed by atoms with E-state index in [2.05, 4.69) is 40.3 Å². The molecule has 0 fully saturated rings. The number of pyridine rings is 1. The van der Waals surface area contributed by atoms with Crippen molar-refractivity contribution in [3.05, 3.63) is 92.3 Å². The number of hydrogen-bond acceptors (Lipinski definition) is 4. The number of nitrogens with zero attached hydrogens (tertiary/aromatic N) is 2. The molecule has 0 spiro atoms. The summed E-state index contributed by atoms with van der Waals surface area (Å²) in [6.45, 7) is 0. The van der Waals surface area contributed by atoms with Crippen molar-refractivity contribution < 1.29 is 0 Å². The maximum atomic E-state index is 12.3. The Bertz CT molecular complexity index is 1040. The first kappa shape index (κ1) is 22.1. The van der Waals surface area contributed by atoms with Crippen molar-refractivity contribution in [1.82, 2.24) is 14.5 Å². The third-order valence-corrected chi connectivity index (χ3v) is 6.08. The average Bonchev–Trinajstić information content (AvgIpc) is 2.75. The fourth-order valence-electron chi connectivity index (χ4n) is 3.30. The number of benzene rings is 1. The molecule has 30 heavy (non-hydrogen) atoms. The molecule has 3 rings (SSSR count). The predicted molar refractivity (Wildman–Crippen MR) is 123 cm³/mol. The molecule has 0 atom stereocenters. The van der Waals surface area contributed by atoms with Crippen LogP contribution in [0.1, 0.15) is 48.8 Å². The number of hydrogen-bond donors (Lipinski definition) is 1. The molecular formula is C24H29N3O2S. The van der Waals surface area contributed by atoms with Gasteiger partial charge in [-0.05, 0) is 36.5 Å². The quantitative estimate of drug-likeness (QED) is 0.283. The lowest BCUT2D eigenvalue weighted by molar-refractivity contribution is 0.634. The molecule has 0 aliphatic heterocycles. The largest absolute Gasteiger partial charge is 0.319 e. The standard InChI is InChI=1S/C24H29N3O2S/c1-27-14-13-20(17-22(27)28)16-21-18-25-24(26-23(21)29)30-15-9-4-2-3-6-10-19-11-7-5-8-12-19/h5,7-8,11-14,17-18H,2-4,6,9-10,15-16H2,1H3,(H,25,26,29). The van der Waals surface area contributed by atoms with Gasteiger partial charge in [-0.3, -0.25) is 9.59 Å². The molecule has 2 heterocycles. The molecule has 0 saturated heterocycles. The molecule has 0 amide bonds. The monoisotopic (exact) mass is 423 g/mol. The zero-order chi connectivity index (χ0) is 21.2. The number of nitrogens with one attached hydrogen (secondary N) is 1. The van der Waals surface area contributed by atoms with Crippen molar-refractivity contribution in [1.29, 1.82) is 0 Å². The number of unbranched alkanes of at least 4 members (excludes halogenated alkanes) is 4. The molecule has 3 aromatic rings. The minimum Gasteiger partial charge on any atom is -0.319 e. The third kappa shape index (κ3) is 7.02. The highest BCUT2D eigenvalue weighted by atomic mass is 32.2. The van der Waals surface area contributed by atoms with Gasteiger partial charge >= 0.3 is 0 Å². The molecular weight excluding hydrogens is 394 g/mol. The first-order valence-corrected chi connectivity index (χ1v) is 11.5. The van der Waals surface area contributed by atoms with Crippen molar-refractivity contribution in [2.75, 3.05) is 5.75 Å². The van der Waals surface area contributed by atoms with Crippen LogP contribution in [0.5, 0.6) is 0 Å². The van der Waals surface area contributed by atoms with Crippen LogP contribution in [-0.4, -0.2) is 20.3 Å². The summed E-state index contributed by atoms with van der Waals surface area (Å²) in [4.78, 5) is 31.3. The van der Waals surface area contributed by atoms with Crippen LogP contribution in [0.25, 0.3) is 0 Å². The molecule has 0 unspecified atom stereocenters. The van der Waals surface area contributed by atoms with Gasteiger partial charge in [-0.25, -0.2) is 4.98 Å². The van der Waals surface area contributed by atoms with E-state index in [0.29, 0.717) is 17.1 Å². The van der Waals surface area contributed by atoms with E-state index < -0.39 is 0 Å². The van der Waals surface area contributed by atoms with Crippen LogP contribution in [0.2, 0.25) is 0 Å². The molecule has 0 aliphatic carbocycles. The van der Waals surface area contributed by atoms with Crippen LogP contribution in [-0.2, 0) is 19.9 Å². The summed E-state index contributed by atoms with van der Waals surface area (Å²) in [5, 5.41) is 0.664. The highest BCUT2D eigenvalue weighted by molar-refractivity contribution is 7.99. The maximum absolute atomic E-state index is 12.3. The average molecular weight is 424 g/mol. The normalized spacial score (nSPS) is 11.0. The molecule has 0 bridgehead atoms. The molecule has 5 nitrogen and oxygen atoms in total. The van der Waals surface area contributed by atoms with Gasteiger partial charge in [0.25, 0.3) is 11.1 Å². The Hall–Kier alpha value is -2.60. The number of H-pyrrole nitrogens is 1. The van der Waals surface area contributed by atoms with Gasteiger partial charge in [0.1, 0.15) is 0 Å². The summed E-state index contributed by atoms with van der Waals surface area (Å²) in [6.07, 6.45) is 11.0. The number of rotatable bonds is 11. The Morgan fingerprint density at radius 1 is 0.967 bits per heavy atom. The summed E-state index contributed by atoms with van der Waals surface area (Å²) in [5.41, 5.74) is 2.60. The van der Waals surface area contributed by atoms with Gasteiger partial charge in [0.15, 0.2) is 5.16 Å². The Labute approximate surface area is 181 Å². The summed E-state index contributed by atoms with van der Waals surface area (Å²) < 4.78 is 1.51.